The van der Waals surface area contributed by atoms with Gasteiger partial charge in [-0.3, -0.25) is 0 Å². The first kappa shape index (κ1) is 15.8. The Kier molecular flexibility index (Phi) is 2.71. The highest BCUT2D eigenvalue weighted by atomic mass is 16.6. The Morgan fingerprint density at radius 3 is 1.54 bits per heavy atom. The molecule has 0 spiro atoms. The molecule has 4 aliphatic heterocycles. The van der Waals surface area contributed by atoms with Crippen LogP contribution >= 0.6 is 0 Å². The van der Waals surface area contributed by atoms with Crippen LogP contribution in [0, 0.1) is 11.8 Å². The minimum absolute atomic E-state index is 0.0903. The van der Waals surface area contributed by atoms with Gasteiger partial charge in [0.05, 0.1) is 36.6 Å². The van der Waals surface area contributed by atoms with Crippen molar-refractivity contribution in [3.8, 4) is 0 Å². The summed E-state index contributed by atoms with van der Waals surface area (Å²) in [4.78, 5) is 25.1. The van der Waals surface area contributed by atoms with Crippen molar-refractivity contribution < 1.29 is 28.5 Å². The van der Waals surface area contributed by atoms with Crippen molar-refractivity contribution in [2.45, 2.75) is 50.1 Å². The second-order valence-electron chi connectivity index (χ2n) is 7.81. The first-order chi connectivity index (χ1) is 11.1. The first-order valence-electron chi connectivity index (χ1n) is 8.10. The second kappa shape index (κ2) is 4.11. The standard InChI is InChI=1S/C18H22O6/c1-15-7-8-16(2,23-15)12-11(15)17(3)9(13(19)21-5)10(14(20)22-6)18(12,4)24-17/h7-8,11-12H,1-6H3/t11-,12-,15-,16+,17-,18-/m0/s1. The third kappa shape index (κ3) is 1.41. The molecular weight excluding hydrogens is 312 g/mol. The lowest BCUT2D eigenvalue weighted by molar-refractivity contribution is -0.143. The average molecular weight is 334 g/mol. The maximum atomic E-state index is 12.5. The van der Waals surface area contributed by atoms with Gasteiger partial charge in [0.15, 0.2) is 0 Å². The van der Waals surface area contributed by atoms with Crippen LogP contribution in [0.5, 0.6) is 0 Å². The van der Waals surface area contributed by atoms with Gasteiger partial charge in [-0.1, -0.05) is 12.2 Å². The van der Waals surface area contributed by atoms with Gasteiger partial charge in [-0.05, 0) is 27.7 Å². The summed E-state index contributed by atoms with van der Waals surface area (Å²) in [6, 6.07) is 0. The molecule has 0 aliphatic carbocycles. The fourth-order valence-electron chi connectivity index (χ4n) is 5.89. The number of rotatable bonds is 2. The van der Waals surface area contributed by atoms with Crippen LogP contribution in [0.1, 0.15) is 27.7 Å². The Morgan fingerprint density at radius 2 is 1.21 bits per heavy atom. The highest BCUT2D eigenvalue weighted by Crippen LogP contribution is 2.72. The lowest BCUT2D eigenvalue weighted by atomic mass is 9.56. The first-order valence-corrected chi connectivity index (χ1v) is 8.10. The number of carbonyl (C=O) groups is 2. The van der Waals surface area contributed by atoms with E-state index in [1.54, 1.807) is 0 Å². The Hall–Kier alpha value is -1.66. The molecule has 0 aromatic carbocycles. The Labute approximate surface area is 140 Å². The van der Waals surface area contributed by atoms with E-state index in [0.29, 0.717) is 0 Å². The van der Waals surface area contributed by atoms with E-state index in [1.807, 2.05) is 39.8 Å². The highest BCUT2D eigenvalue weighted by molar-refractivity contribution is 6.05. The molecule has 130 valence electrons. The molecule has 4 heterocycles. The van der Waals surface area contributed by atoms with Crippen molar-refractivity contribution in [1.82, 2.24) is 0 Å². The van der Waals surface area contributed by atoms with Crippen LogP contribution in [0.3, 0.4) is 0 Å². The SMILES string of the molecule is COC(=O)C1=C(C(=O)OC)[C@]2(C)O[C@]1(C)[C@H]1[C@H]2[C@@]2(C)C=C[C@]1(C)O2. The molecule has 2 fully saturated rings. The van der Waals surface area contributed by atoms with Crippen molar-refractivity contribution in [2.24, 2.45) is 11.8 Å². The van der Waals surface area contributed by atoms with E-state index in [4.69, 9.17) is 18.9 Å². The van der Waals surface area contributed by atoms with Gasteiger partial charge in [-0.15, -0.1) is 0 Å². The van der Waals surface area contributed by atoms with Gasteiger partial charge in [0.1, 0.15) is 11.2 Å². The topological polar surface area (TPSA) is 71.1 Å². The number of hydrogen-bond donors (Lipinski definition) is 0. The molecule has 0 amide bonds. The Bertz CT molecular complexity index is 680. The number of carbonyl (C=O) groups excluding carboxylic acids is 2. The third-order valence-electron chi connectivity index (χ3n) is 6.39. The maximum absolute atomic E-state index is 12.5. The summed E-state index contributed by atoms with van der Waals surface area (Å²) in [6.45, 7) is 7.71. The van der Waals surface area contributed by atoms with E-state index in [0.717, 1.165) is 0 Å². The van der Waals surface area contributed by atoms with Crippen molar-refractivity contribution in [2.75, 3.05) is 14.2 Å². The summed E-state index contributed by atoms with van der Waals surface area (Å²) >= 11 is 0. The Balaban J connectivity index is 2.00. The maximum Gasteiger partial charge on any atom is 0.337 e. The van der Waals surface area contributed by atoms with Gasteiger partial charge in [-0.25, -0.2) is 9.59 Å². The van der Waals surface area contributed by atoms with Crippen LogP contribution in [0.15, 0.2) is 23.3 Å². The number of methoxy groups -OCH3 is 2. The van der Waals surface area contributed by atoms with E-state index >= 15 is 0 Å². The van der Waals surface area contributed by atoms with Crippen LogP contribution in [-0.2, 0) is 28.5 Å². The third-order valence-corrected chi connectivity index (χ3v) is 6.39. The zero-order valence-electron chi connectivity index (χ0n) is 14.8. The smallest absolute Gasteiger partial charge is 0.337 e. The molecule has 6 heteroatoms. The summed E-state index contributed by atoms with van der Waals surface area (Å²) in [7, 11) is 2.61. The minimum Gasteiger partial charge on any atom is -0.466 e. The number of fused-ring (bicyclic) bond motifs is 9. The number of esters is 2. The predicted molar refractivity (Wildman–Crippen MR) is 83.0 cm³/mol. The van der Waals surface area contributed by atoms with Crippen molar-refractivity contribution >= 4 is 11.9 Å². The lowest BCUT2D eigenvalue weighted by Gasteiger charge is -2.41. The zero-order valence-corrected chi connectivity index (χ0v) is 14.8. The van der Waals surface area contributed by atoms with E-state index in [2.05, 4.69) is 0 Å². The summed E-state index contributed by atoms with van der Waals surface area (Å²) in [6.07, 6.45) is 4.08. The molecule has 0 aromatic rings. The quantitative estimate of drug-likeness (QED) is 0.563. The average Bonchev–Trinajstić information content (AvgIpc) is 3.13. The fourth-order valence-corrected chi connectivity index (χ4v) is 5.89. The largest absolute Gasteiger partial charge is 0.466 e. The van der Waals surface area contributed by atoms with Crippen molar-refractivity contribution in [3.63, 3.8) is 0 Å². The normalized spacial score (nSPS) is 50.4. The molecule has 4 bridgehead atoms. The molecule has 4 rings (SSSR count). The molecule has 0 N–H and O–H groups in total. The predicted octanol–water partition coefficient (Wildman–Crippen LogP) is 1.54. The van der Waals surface area contributed by atoms with E-state index in [1.165, 1.54) is 14.2 Å². The summed E-state index contributed by atoms with van der Waals surface area (Å²) < 4.78 is 22.7. The molecule has 0 radical (unpaired) electrons. The second-order valence-corrected chi connectivity index (χ2v) is 7.81. The molecule has 0 unspecified atom stereocenters. The zero-order chi connectivity index (χ0) is 17.7. The molecule has 0 saturated carbocycles. The van der Waals surface area contributed by atoms with Crippen LogP contribution in [-0.4, -0.2) is 48.6 Å². The highest BCUT2D eigenvalue weighted by Gasteiger charge is 2.81. The van der Waals surface area contributed by atoms with Crippen molar-refractivity contribution in [1.29, 1.82) is 0 Å². The molecule has 4 aliphatic rings. The van der Waals surface area contributed by atoms with Gasteiger partial charge < -0.3 is 18.9 Å². The number of ether oxygens (including phenoxy) is 4. The lowest BCUT2D eigenvalue weighted by Crippen LogP contribution is -2.53. The molecule has 6 atom stereocenters. The van der Waals surface area contributed by atoms with E-state index in [9.17, 15) is 9.59 Å². The van der Waals surface area contributed by atoms with E-state index < -0.39 is 34.3 Å². The van der Waals surface area contributed by atoms with Gasteiger partial charge in [0.2, 0.25) is 0 Å². The molecule has 6 nitrogen and oxygen atoms in total. The summed E-state index contributed by atoms with van der Waals surface area (Å²) in [5, 5.41) is 0. The van der Waals surface area contributed by atoms with Crippen molar-refractivity contribution in [3.05, 3.63) is 23.3 Å². The minimum atomic E-state index is -0.965. The summed E-state index contributed by atoms with van der Waals surface area (Å²) in [5.41, 5.74) is -2.51. The van der Waals surface area contributed by atoms with Crippen LogP contribution in [0.4, 0.5) is 0 Å². The van der Waals surface area contributed by atoms with Gasteiger partial charge in [0, 0.05) is 11.8 Å². The van der Waals surface area contributed by atoms with Gasteiger partial charge >= 0.3 is 11.9 Å². The number of hydrogen-bond acceptors (Lipinski definition) is 6. The fraction of sp³-hybridized carbons (Fsp3) is 0.667. The molecular formula is C18H22O6. The molecule has 24 heavy (non-hydrogen) atoms. The molecule has 2 saturated heterocycles. The Morgan fingerprint density at radius 1 is 0.833 bits per heavy atom. The van der Waals surface area contributed by atoms with Gasteiger partial charge in [-0.2, -0.15) is 0 Å². The van der Waals surface area contributed by atoms with Crippen LogP contribution in [0.25, 0.3) is 0 Å². The van der Waals surface area contributed by atoms with Crippen LogP contribution < -0.4 is 0 Å². The van der Waals surface area contributed by atoms with Gasteiger partial charge in [0.25, 0.3) is 0 Å². The summed E-state index contributed by atoms with van der Waals surface area (Å²) in [5.74, 6) is -1.29. The van der Waals surface area contributed by atoms with E-state index in [-0.39, 0.29) is 23.0 Å². The monoisotopic (exact) mass is 334 g/mol. The van der Waals surface area contributed by atoms with Crippen LogP contribution in [0.2, 0.25) is 0 Å². The molecule has 0 aromatic heterocycles.